The highest BCUT2D eigenvalue weighted by Crippen LogP contribution is 2.49. The SMILES string of the molecule is CCC(C)(C)C(=O)Oc1ccc(C2(c3ccc(OC(C)(C)C)cc3)CCCCC2C)cc1. The van der Waals surface area contributed by atoms with Gasteiger partial charge in [0.15, 0.2) is 0 Å². The molecule has 1 aliphatic rings. The van der Waals surface area contributed by atoms with Gasteiger partial charge in [-0.3, -0.25) is 4.79 Å². The summed E-state index contributed by atoms with van der Waals surface area (Å²) in [6.07, 6.45) is 5.57. The van der Waals surface area contributed by atoms with Crippen LogP contribution in [0.3, 0.4) is 0 Å². The van der Waals surface area contributed by atoms with Crippen molar-refractivity contribution in [3.05, 3.63) is 59.7 Å². The molecule has 3 heteroatoms. The van der Waals surface area contributed by atoms with E-state index in [1.165, 1.54) is 30.4 Å². The van der Waals surface area contributed by atoms with Crippen molar-refractivity contribution in [1.82, 2.24) is 0 Å². The Balaban J connectivity index is 1.92. The summed E-state index contributed by atoms with van der Waals surface area (Å²) in [5.41, 5.74) is 1.90. The van der Waals surface area contributed by atoms with Crippen LogP contribution in [0.15, 0.2) is 48.5 Å². The third-order valence-corrected chi connectivity index (χ3v) is 7.11. The molecule has 2 aromatic rings. The van der Waals surface area contributed by atoms with Crippen molar-refractivity contribution in [2.75, 3.05) is 0 Å². The third-order valence-electron chi connectivity index (χ3n) is 7.11. The Bertz CT molecular complexity index is 903. The van der Waals surface area contributed by atoms with E-state index >= 15 is 0 Å². The number of carbonyl (C=O) groups excluding carboxylic acids is 1. The van der Waals surface area contributed by atoms with Crippen molar-refractivity contribution in [1.29, 1.82) is 0 Å². The summed E-state index contributed by atoms with van der Waals surface area (Å²) in [5.74, 6) is 1.87. The zero-order valence-electron chi connectivity index (χ0n) is 21.0. The zero-order valence-corrected chi connectivity index (χ0v) is 21.0. The van der Waals surface area contributed by atoms with Crippen molar-refractivity contribution < 1.29 is 14.3 Å². The number of hydrogen-bond acceptors (Lipinski definition) is 3. The molecule has 2 unspecified atom stereocenters. The van der Waals surface area contributed by atoms with Gasteiger partial charge in [-0.05, 0) is 95.2 Å². The molecule has 0 saturated heterocycles. The van der Waals surface area contributed by atoms with Crippen molar-refractivity contribution in [2.45, 2.75) is 91.6 Å². The summed E-state index contributed by atoms with van der Waals surface area (Å²) >= 11 is 0. The second-order valence-electron chi connectivity index (χ2n) is 11.0. The quantitative estimate of drug-likeness (QED) is 0.344. The predicted octanol–water partition coefficient (Wildman–Crippen LogP) is 7.70. The molecule has 3 rings (SSSR count). The molecule has 0 aromatic heterocycles. The van der Waals surface area contributed by atoms with Gasteiger partial charge in [0.2, 0.25) is 0 Å². The van der Waals surface area contributed by atoms with Crippen molar-refractivity contribution in [3.63, 3.8) is 0 Å². The fourth-order valence-corrected chi connectivity index (χ4v) is 4.76. The lowest BCUT2D eigenvalue weighted by Gasteiger charge is -2.44. The second kappa shape index (κ2) is 9.29. The van der Waals surface area contributed by atoms with E-state index in [4.69, 9.17) is 9.47 Å². The number of ether oxygens (including phenoxy) is 2. The Kier molecular flexibility index (Phi) is 7.07. The maximum absolute atomic E-state index is 12.5. The lowest BCUT2D eigenvalue weighted by Crippen LogP contribution is -2.38. The maximum Gasteiger partial charge on any atom is 0.316 e. The van der Waals surface area contributed by atoms with E-state index in [9.17, 15) is 4.79 Å². The highest BCUT2D eigenvalue weighted by molar-refractivity contribution is 5.78. The Morgan fingerprint density at radius 2 is 1.44 bits per heavy atom. The molecule has 2 aromatic carbocycles. The van der Waals surface area contributed by atoms with Crippen LogP contribution >= 0.6 is 0 Å². The van der Waals surface area contributed by atoms with Crippen LogP contribution in [0.1, 0.15) is 91.7 Å². The van der Waals surface area contributed by atoms with Gasteiger partial charge in [-0.15, -0.1) is 0 Å². The fraction of sp³-hybridized carbons (Fsp3) is 0.552. The van der Waals surface area contributed by atoms with Crippen LogP contribution in [0.25, 0.3) is 0 Å². The summed E-state index contributed by atoms with van der Waals surface area (Å²) in [5, 5.41) is 0. The number of hydrogen-bond donors (Lipinski definition) is 0. The molecule has 174 valence electrons. The summed E-state index contributed by atoms with van der Waals surface area (Å²) in [7, 11) is 0. The topological polar surface area (TPSA) is 35.5 Å². The van der Waals surface area contributed by atoms with Gasteiger partial charge >= 0.3 is 5.97 Å². The average molecular weight is 437 g/mol. The van der Waals surface area contributed by atoms with Crippen LogP contribution in [0.2, 0.25) is 0 Å². The normalized spacial score (nSPS) is 21.8. The van der Waals surface area contributed by atoms with Gasteiger partial charge in [0.05, 0.1) is 5.41 Å². The van der Waals surface area contributed by atoms with Crippen LogP contribution in [0, 0.1) is 11.3 Å². The Hall–Kier alpha value is -2.29. The minimum absolute atomic E-state index is 0.0380. The maximum atomic E-state index is 12.5. The Labute approximate surface area is 194 Å². The van der Waals surface area contributed by atoms with Gasteiger partial charge in [-0.2, -0.15) is 0 Å². The van der Waals surface area contributed by atoms with E-state index in [1.807, 2.05) is 32.9 Å². The number of esters is 1. The molecule has 0 N–H and O–H groups in total. The van der Waals surface area contributed by atoms with Crippen LogP contribution in [-0.2, 0) is 10.2 Å². The van der Waals surface area contributed by atoms with E-state index in [0.717, 1.165) is 18.6 Å². The lowest BCUT2D eigenvalue weighted by atomic mass is 9.60. The van der Waals surface area contributed by atoms with Crippen LogP contribution in [0.4, 0.5) is 0 Å². The molecule has 0 spiro atoms. The van der Waals surface area contributed by atoms with E-state index < -0.39 is 5.41 Å². The smallest absolute Gasteiger partial charge is 0.316 e. The first kappa shape index (κ1) is 24.4. The highest BCUT2D eigenvalue weighted by atomic mass is 16.5. The first-order valence-corrected chi connectivity index (χ1v) is 12.1. The van der Waals surface area contributed by atoms with Gasteiger partial charge in [-0.25, -0.2) is 0 Å². The second-order valence-corrected chi connectivity index (χ2v) is 11.0. The van der Waals surface area contributed by atoms with Crippen LogP contribution in [-0.4, -0.2) is 11.6 Å². The average Bonchev–Trinajstić information content (AvgIpc) is 2.74. The summed E-state index contributed by atoms with van der Waals surface area (Å²) in [4.78, 5) is 12.5. The van der Waals surface area contributed by atoms with Gasteiger partial charge in [0, 0.05) is 5.41 Å². The first-order valence-electron chi connectivity index (χ1n) is 12.1. The lowest BCUT2D eigenvalue weighted by molar-refractivity contribution is -0.144. The van der Waals surface area contributed by atoms with Crippen LogP contribution in [0.5, 0.6) is 11.5 Å². The van der Waals surface area contributed by atoms with Crippen LogP contribution < -0.4 is 9.47 Å². The minimum Gasteiger partial charge on any atom is -0.488 e. The molecule has 1 saturated carbocycles. The molecular formula is C29H40O3. The Morgan fingerprint density at radius 3 is 1.91 bits per heavy atom. The number of carbonyl (C=O) groups is 1. The van der Waals surface area contributed by atoms with Gasteiger partial charge in [0.25, 0.3) is 0 Å². The standard InChI is InChI=1S/C29H40O3/c1-8-28(6,7)26(30)31-24-16-12-22(13-17-24)29(20-10-9-11-21(29)2)23-14-18-25(19-15-23)32-27(3,4)5/h12-19,21H,8-11,20H2,1-7H3. The molecule has 0 heterocycles. The summed E-state index contributed by atoms with van der Waals surface area (Å²) in [6, 6.07) is 16.9. The number of benzene rings is 2. The third kappa shape index (κ3) is 5.19. The first-order chi connectivity index (χ1) is 15.0. The molecule has 3 nitrogen and oxygen atoms in total. The molecule has 0 bridgehead atoms. The highest BCUT2D eigenvalue weighted by Gasteiger charge is 2.41. The zero-order chi connectivity index (χ0) is 23.6. The van der Waals surface area contributed by atoms with E-state index in [1.54, 1.807) is 0 Å². The molecule has 1 fully saturated rings. The molecule has 0 radical (unpaired) electrons. The van der Waals surface area contributed by atoms with E-state index in [-0.39, 0.29) is 17.0 Å². The van der Waals surface area contributed by atoms with Crippen molar-refractivity contribution >= 4 is 5.97 Å². The minimum atomic E-state index is -0.478. The molecular weight excluding hydrogens is 396 g/mol. The van der Waals surface area contributed by atoms with E-state index in [0.29, 0.717) is 11.7 Å². The molecule has 0 amide bonds. The Morgan fingerprint density at radius 1 is 0.906 bits per heavy atom. The van der Waals surface area contributed by atoms with Crippen molar-refractivity contribution in [2.24, 2.45) is 11.3 Å². The van der Waals surface area contributed by atoms with E-state index in [2.05, 4.69) is 64.1 Å². The molecule has 32 heavy (non-hydrogen) atoms. The van der Waals surface area contributed by atoms with Gasteiger partial charge < -0.3 is 9.47 Å². The largest absolute Gasteiger partial charge is 0.488 e. The summed E-state index contributed by atoms with van der Waals surface area (Å²) < 4.78 is 11.7. The van der Waals surface area contributed by atoms with Gasteiger partial charge in [0.1, 0.15) is 17.1 Å². The van der Waals surface area contributed by atoms with Crippen molar-refractivity contribution in [3.8, 4) is 11.5 Å². The fourth-order valence-electron chi connectivity index (χ4n) is 4.76. The predicted molar refractivity (Wildman–Crippen MR) is 131 cm³/mol. The monoisotopic (exact) mass is 436 g/mol. The molecule has 1 aliphatic carbocycles. The summed E-state index contributed by atoms with van der Waals surface area (Å²) in [6.45, 7) is 14.4. The van der Waals surface area contributed by atoms with Gasteiger partial charge in [-0.1, -0.05) is 51.0 Å². The molecule has 2 atom stereocenters. The molecule has 0 aliphatic heterocycles. The number of rotatable bonds is 6.